The van der Waals surface area contributed by atoms with Crippen molar-refractivity contribution < 1.29 is 19.5 Å². The Balaban J connectivity index is 2.27. The van der Waals surface area contributed by atoms with Gasteiger partial charge in [0.25, 0.3) is 0 Å². The summed E-state index contributed by atoms with van der Waals surface area (Å²) in [5.74, 6) is -2.74. The molecular formula is C14H18ClNO4. The Bertz CT molecular complexity index is 486. The second kappa shape index (κ2) is 5.56. The van der Waals surface area contributed by atoms with Gasteiger partial charge in [0.2, 0.25) is 11.8 Å². The van der Waals surface area contributed by atoms with E-state index in [-0.39, 0.29) is 24.2 Å². The van der Waals surface area contributed by atoms with E-state index < -0.39 is 23.8 Å². The van der Waals surface area contributed by atoms with Gasteiger partial charge in [0.15, 0.2) is 0 Å². The van der Waals surface area contributed by atoms with Crippen molar-refractivity contribution in [3.63, 3.8) is 0 Å². The molecule has 0 spiro atoms. The van der Waals surface area contributed by atoms with Crippen LogP contribution < -0.4 is 0 Å². The van der Waals surface area contributed by atoms with Crippen LogP contribution in [-0.4, -0.2) is 33.8 Å². The third kappa shape index (κ3) is 2.59. The monoisotopic (exact) mass is 299 g/mol. The van der Waals surface area contributed by atoms with E-state index in [0.717, 1.165) is 4.90 Å². The average Bonchev–Trinajstić information content (AvgIpc) is 2.58. The fourth-order valence-corrected chi connectivity index (χ4v) is 3.18. The minimum Gasteiger partial charge on any atom is -0.480 e. The zero-order valence-corrected chi connectivity index (χ0v) is 12.3. The number of aliphatic carboxylic acids is 1. The Labute approximate surface area is 122 Å². The molecule has 2 aliphatic rings. The maximum Gasteiger partial charge on any atom is 0.326 e. The Kier molecular flexibility index (Phi) is 4.18. The van der Waals surface area contributed by atoms with Crippen LogP contribution in [-0.2, 0) is 14.4 Å². The number of imide groups is 1. The number of carbonyl (C=O) groups excluding carboxylic acids is 2. The van der Waals surface area contributed by atoms with Crippen molar-refractivity contribution in [1.29, 1.82) is 0 Å². The largest absolute Gasteiger partial charge is 0.480 e. The predicted octanol–water partition coefficient (Wildman–Crippen LogP) is 2.00. The fraction of sp³-hybridized carbons (Fsp3) is 0.643. The summed E-state index contributed by atoms with van der Waals surface area (Å²) >= 11 is 5.93. The van der Waals surface area contributed by atoms with Crippen LogP contribution in [0, 0.1) is 17.8 Å². The summed E-state index contributed by atoms with van der Waals surface area (Å²) in [6.07, 6.45) is 2.77. The number of allylic oxidation sites excluding steroid dienone is 2. The molecule has 5 nitrogen and oxygen atoms in total. The SMILES string of the molecule is CC(C)C[C@H](C(=O)O)N1C(=O)[C@H]2CC(Cl)=CC[C@H]2C1=O. The van der Waals surface area contributed by atoms with Crippen molar-refractivity contribution in [1.82, 2.24) is 4.90 Å². The zero-order valence-electron chi connectivity index (χ0n) is 11.5. The minimum absolute atomic E-state index is 0.0843. The first kappa shape index (κ1) is 15.0. The van der Waals surface area contributed by atoms with Crippen molar-refractivity contribution in [2.24, 2.45) is 17.8 Å². The molecule has 3 atom stereocenters. The van der Waals surface area contributed by atoms with Crippen molar-refractivity contribution >= 4 is 29.4 Å². The van der Waals surface area contributed by atoms with E-state index in [0.29, 0.717) is 17.9 Å². The van der Waals surface area contributed by atoms with Gasteiger partial charge in [-0.3, -0.25) is 14.5 Å². The lowest BCUT2D eigenvalue weighted by molar-refractivity contribution is -0.155. The number of likely N-dealkylation sites (tertiary alicyclic amines) is 1. The third-order valence-electron chi connectivity index (χ3n) is 3.89. The summed E-state index contributed by atoms with van der Waals surface area (Å²) in [6, 6.07) is -1.07. The van der Waals surface area contributed by atoms with Gasteiger partial charge >= 0.3 is 5.97 Å². The fourth-order valence-electron chi connectivity index (χ4n) is 2.92. The highest BCUT2D eigenvalue weighted by molar-refractivity contribution is 6.30. The first-order chi connectivity index (χ1) is 9.32. The molecule has 1 fully saturated rings. The Morgan fingerprint density at radius 2 is 2.00 bits per heavy atom. The molecule has 2 rings (SSSR count). The highest BCUT2D eigenvalue weighted by Gasteiger charge is 2.52. The van der Waals surface area contributed by atoms with Gasteiger partial charge in [0.05, 0.1) is 11.8 Å². The van der Waals surface area contributed by atoms with Crippen LogP contribution in [0.3, 0.4) is 0 Å². The van der Waals surface area contributed by atoms with Crippen molar-refractivity contribution in [3.05, 3.63) is 11.1 Å². The van der Waals surface area contributed by atoms with E-state index >= 15 is 0 Å². The number of rotatable bonds is 4. The van der Waals surface area contributed by atoms with Gasteiger partial charge in [-0.1, -0.05) is 31.5 Å². The quantitative estimate of drug-likeness (QED) is 0.806. The lowest BCUT2D eigenvalue weighted by atomic mass is 9.85. The minimum atomic E-state index is -1.13. The molecule has 1 aliphatic carbocycles. The molecule has 1 heterocycles. The molecule has 110 valence electrons. The van der Waals surface area contributed by atoms with Gasteiger partial charge in [-0.05, 0) is 25.2 Å². The molecule has 1 aliphatic heterocycles. The van der Waals surface area contributed by atoms with Gasteiger partial charge in [0.1, 0.15) is 6.04 Å². The van der Waals surface area contributed by atoms with Gasteiger partial charge in [-0.25, -0.2) is 4.79 Å². The molecule has 1 N–H and O–H groups in total. The average molecular weight is 300 g/mol. The van der Waals surface area contributed by atoms with Crippen LogP contribution in [0.5, 0.6) is 0 Å². The smallest absolute Gasteiger partial charge is 0.326 e. The Morgan fingerprint density at radius 1 is 1.40 bits per heavy atom. The summed E-state index contributed by atoms with van der Waals surface area (Å²) in [4.78, 5) is 37.1. The number of halogens is 1. The van der Waals surface area contributed by atoms with Crippen molar-refractivity contribution in [3.8, 4) is 0 Å². The number of nitrogens with zero attached hydrogens (tertiary/aromatic N) is 1. The normalized spacial score (nSPS) is 27.6. The van der Waals surface area contributed by atoms with Gasteiger partial charge in [0, 0.05) is 5.03 Å². The van der Waals surface area contributed by atoms with Crippen molar-refractivity contribution in [2.45, 2.75) is 39.2 Å². The number of amides is 2. The highest BCUT2D eigenvalue weighted by atomic mass is 35.5. The first-order valence-corrected chi connectivity index (χ1v) is 7.15. The lowest BCUT2D eigenvalue weighted by Gasteiger charge is -2.24. The highest BCUT2D eigenvalue weighted by Crippen LogP contribution is 2.40. The second-order valence-electron chi connectivity index (χ2n) is 5.83. The van der Waals surface area contributed by atoms with Crippen LogP contribution in [0.1, 0.15) is 33.1 Å². The van der Waals surface area contributed by atoms with E-state index in [2.05, 4.69) is 0 Å². The van der Waals surface area contributed by atoms with E-state index in [9.17, 15) is 19.5 Å². The molecule has 0 saturated carbocycles. The van der Waals surface area contributed by atoms with Gasteiger partial charge in [-0.15, -0.1) is 0 Å². The van der Waals surface area contributed by atoms with Crippen molar-refractivity contribution in [2.75, 3.05) is 0 Å². The summed E-state index contributed by atoms with van der Waals surface area (Å²) < 4.78 is 0. The molecular weight excluding hydrogens is 282 g/mol. The second-order valence-corrected chi connectivity index (χ2v) is 6.32. The molecule has 0 radical (unpaired) electrons. The van der Waals surface area contributed by atoms with Crippen LogP contribution in [0.15, 0.2) is 11.1 Å². The first-order valence-electron chi connectivity index (χ1n) is 6.77. The van der Waals surface area contributed by atoms with Crippen LogP contribution >= 0.6 is 11.6 Å². The lowest BCUT2D eigenvalue weighted by Crippen LogP contribution is -2.46. The standard InChI is InChI=1S/C14H18ClNO4/c1-7(2)5-11(14(19)20)16-12(17)9-4-3-8(15)6-10(9)13(16)18/h3,7,9-11H,4-6H2,1-2H3,(H,19,20)/t9-,10+,11-/m1/s1. The van der Waals surface area contributed by atoms with Gasteiger partial charge < -0.3 is 5.11 Å². The maximum absolute atomic E-state index is 12.4. The van der Waals surface area contributed by atoms with Gasteiger partial charge in [-0.2, -0.15) is 0 Å². The number of carboxylic acid groups (broad SMARTS) is 1. The third-order valence-corrected chi connectivity index (χ3v) is 4.20. The predicted molar refractivity (Wildman–Crippen MR) is 72.9 cm³/mol. The van der Waals surface area contributed by atoms with Crippen LogP contribution in [0.25, 0.3) is 0 Å². The molecule has 0 aromatic heterocycles. The Morgan fingerprint density at radius 3 is 2.55 bits per heavy atom. The van der Waals surface area contributed by atoms with E-state index in [1.165, 1.54) is 0 Å². The summed E-state index contributed by atoms with van der Waals surface area (Å²) in [7, 11) is 0. The Hall–Kier alpha value is -1.36. The molecule has 0 bridgehead atoms. The van der Waals surface area contributed by atoms with Crippen LogP contribution in [0.2, 0.25) is 0 Å². The number of hydrogen-bond donors (Lipinski definition) is 1. The number of carboxylic acids is 1. The van der Waals surface area contributed by atoms with E-state index in [1.54, 1.807) is 6.08 Å². The summed E-state index contributed by atoms with van der Waals surface area (Å²) in [5, 5.41) is 9.89. The summed E-state index contributed by atoms with van der Waals surface area (Å²) in [6.45, 7) is 3.73. The van der Waals surface area contributed by atoms with E-state index in [4.69, 9.17) is 11.6 Å². The molecule has 2 amide bonds. The molecule has 6 heteroatoms. The maximum atomic E-state index is 12.4. The number of hydrogen-bond acceptors (Lipinski definition) is 3. The van der Waals surface area contributed by atoms with E-state index in [1.807, 2.05) is 13.8 Å². The summed E-state index contributed by atoms with van der Waals surface area (Å²) in [5.41, 5.74) is 0. The molecule has 1 saturated heterocycles. The molecule has 0 aromatic rings. The molecule has 0 unspecified atom stereocenters. The molecule has 20 heavy (non-hydrogen) atoms. The van der Waals surface area contributed by atoms with Crippen LogP contribution in [0.4, 0.5) is 0 Å². The topological polar surface area (TPSA) is 74.7 Å². The zero-order chi connectivity index (χ0) is 15.0. The molecule has 0 aromatic carbocycles. The number of carbonyl (C=O) groups is 3. The number of fused-ring (bicyclic) bond motifs is 1.